The van der Waals surface area contributed by atoms with Crippen LogP contribution in [0.15, 0.2) is 64.3 Å². The first-order chi connectivity index (χ1) is 17.9. The molecule has 2 fully saturated rings. The molecule has 3 aliphatic rings. The number of rotatable bonds is 3. The number of hydrogen-bond acceptors (Lipinski definition) is 6. The zero-order chi connectivity index (χ0) is 25.3. The van der Waals surface area contributed by atoms with Gasteiger partial charge in [0.1, 0.15) is 11.3 Å². The molecule has 0 amide bonds. The van der Waals surface area contributed by atoms with Crippen LogP contribution in [0.5, 0.6) is 0 Å². The van der Waals surface area contributed by atoms with Gasteiger partial charge in [0.25, 0.3) is 0 Å². The van der Waals surface area contributed by atoms with Crippen molar-refractivity contribution in [1.29, 1.82) is 0 Å². The highest BCUT2D eigenvalue weighted by Crippen LogP contribution is 2.56. The molecule has 0 bridgehead atoms. The van der Waals surface area contributed by atoms with Gasteiger partial charge in [0, 0.05) is 30.4 Å². The van der Waals surface area contributed by atoms with E-state index < -0.39 is 0 Å². The maximum Gasteiger partial charge on any atom is 0.182 e. The first-order valence-corrected chi connectivity index (χ1v) is 12.9. The van der Waals surface area contributed by atoms with Crippen LogP contribution in [0, 0.1) is 18.2 Å². The van der Waals surface area contributed by atoms with E-state index in [-0.39, 0.29) is 17.3 Å². The van der Waals surface area contributed by atoms with E-state index in [0.29, 0.717) is 11.6 Å². The van der Waals surface area contributed by atoms with Crippen LogP contribution in [-0.2, 0) is 0 Å². The number of aromatic nitrogens is 3. The van der Waals surface area contributed by atoms with E-state index in [1.807, 2.05) is 41.9 Å². The van der Waals surface area contributed by atoms with Gasteiger partial charge in [-0.1, -0.05) is 17.7 Å². The molecule has 1 unspecified atom stereocenters. The average molecular weight is 517 g/mol. The van der Waals surface area contributed by atoms with E-state index in [2.05, 4.69) is 27.0 Å². The van der Waals surface area contributed by atoms with Gasteiger partial charge in [0.2, 0.25) is 0 Å². The Kier molecular flexibility index (Phi) is 4.98. The fourth-order valence-electron chi connectivity index (χ4n) is 5.79. The molecule has 9 heteroatoms. The SMILES string of the molecule is Cc1cn(-c2ccc(C=C3CC4(CC4)CN4C3=NN(C)CC4c3cc(F)cc(Cl)c3)c3ncoc23)cn1. The Morgan fingerprint density at radius 1 is 1.19 bits per heavy atom. The maximum absolute atomic E-state index is 14.3. The van der Waals surface area contributed by atoms with Crippen LogP contribution in [-0.4, -0.2) is 50.4 Å². The Labute approximate surface area is 218 Å². The van der Waals surface area contributed by atoms with Crippen molar-refractivity contribution in [2.75, 3.05) is 20.1 Å². The molecule has 4 heterocycles. The summed E-state index contributed by atoms with van der Waals surface area (Å²) in [6, 6.07) is 8.91. The largest absolute Gasteiger partial charge is 0.441 e. The highest BCUT2D eigenvalue weighted by molar-refractivity contribution is 6.30. The summed E-state index contributed by atoms with van der Waals surface area (Å²) in [5, 5.41) is 7.32. The number of likely N-dealkylation sites (N-methyl/N-ethyl adjacent to an activating group) is 1. The third-order valence-electron chi connectivity index (χ3n) is 7.75. The fraction of sp³-hybridized carbons (Fsp3) is 0.321. The number of oxazole rings is 1. The van der Waals surface area contributed by atoms with E-state index in [9.17, 15) is 4.39 Å². The van der Waals surface area contributed by atoms with Crippen molar-refractivity contribution >= 4 is 34.6 Å². The Bertz CT molecular complexity index is 1580. The third kappa shape index (κ3) is 3.91. The predicted molar refractivity (Wildman–Crippen MR) is 141 cm³/mol. The minimum absolute atomic E-state index is 0.0363. The molecule has 1 atom stereocenters. The second-order valence-electron chi connectivity index (χ2n) is 10.6. The van der Waals surface area contributed by atoms with Gasteiger partial charge in [0.15, 0.2) is 17.8 Å². The number of aryl methyl sites for hydroxylation is 1. The molecule has 1 aliphatic carbocycles. The Morgan fingerprint density at radius 3 is 2.81 bits per heavy atom. The normalized spacial score (nSPS) is 21.6. The Morgan fingerprint density at radius 2 is 2.05 bits per heavy atom. The van der Waals surface area contributed by atoms with Crippen molar-refractivity contribution in [3.63, 3.8) is 0 Å². The summed E-state index contributed by atoms with van der Waals surface area (Å²) in [4.78, 5) is 11.3. The van der Waals surface area contributed by atoms with E-state index in [0.717, 1.165) is 52.4 Å². The van der Waals surface area contributed by atoms with Crippen LogP contribution >= 0.6 is 11.6 Å². The van der Waals surface area contributed by atoms with E-state index in [4.69, 9.17) is 21.1 Å². The van der Waals surface area contributed by atoms with Crippen molar-refractivity contribution in [3.8, 4) is 5.69 Å². The molecule has 0 N–H and O–H groups in total. The molecule has 4 aromatic rings. The van der Waals surface area contributed by atoms with Crippen LogP contribution in [0.3, 0.4) is 0 Å². The van der Waals surface area contributed by atoms with Gasteiger partial charge in [0.05, 0.1) is 30.3 Å². The number of amidine groups is 1. The highest BCUT2D eigenvalue weighted by Gasteiger charge is 2.51. The van der Waals surface area contributed by atoms with Gasteiger partial charge < -0.3 is 13.9 Å². The Balaban J connectivity index is 1.33. The van der Waals surface area contributed by atoms with Gasteiger partial charge in [-0.2, -0.15) is 5.10 Å². The van der Waals surface area contributed by atoms with Crippen LogP contribution < -0.4 is 0 Å². The molecule has 7 rings (SSSR count). The van der Waals surface area contributed by atoms with Crippen molar-refractivity contribution in [1.82, 2.24) is 24.4 Å². The standard InChI is InChI=1S/C28H26ClFN6O/c1-17-12-35(15-31-17)23-4-3-18(25-26(23)37-16-32-25)7-20-11-28(5-6-28)14-36-24(13-34(2)33-27(20)36)19-8-21(29)10-22(30)9-19/h3-4,7-10,12,15-16,24H,5-6,11,13-14H2,1-2H3. The summed E-state index contributed by atoms with van der Waals surface area (Å²) in [6.45, 7) is 3.54. The molecule has 2 aromatic carbocycles. The van der Waals surface area contributed by atoms with Crippen LogP contribution in [0.25, 0.3) is 22.9 Å². The van der Waals surface area contributed by atoms with Gasteiger partial charge in [-0.05, 0) is 73.1 Å². The topological polar surface area (TPSA) is 62.7 Å². The fourth-order valence-corrected chi connectivity index (χ4v) is 6.02. The smallest absolute Gasteiger partial charge is 0.182 e. The lowest BCUT2D eigenvalue weighted by molar-refractivity contribution is 0.156. The summed E-state index contributed by atoms with van der Waals surface area (Å²) in [6.07, 6.45) is 10.8. The second-order valence-corrected chi connectivity index (χ2v) is 11.0. The average Bonchev–Trinajstić information content (AvgIpc) is 3.22. The van der Waals surface area contributed by atoms with Gasteiger partial charge in [-0.15, -0.1) is 0 Å². The molecular weight excluding hydrogens is 491 g/mol. The molecule has 1 saturated heterocycles. The number of imidazole rings is 1. The molecule has 0 radical (unpaired) electrons. The van der Waals surface area contributed by atoms with Gasteiger partial charge in [-0.25, -0.2) is 14.4 Å². The van der Waals surface area contributed by atoms with E-state index in [1.165, 1.54) is 30.9 Å². The number of benzene rings is 2. The summed E-state index contributed by atoms with van der Waals surface area (Å²) >= 11 is 6.25. The van der Waals surface area contributed by atoms with Gasteiger partial charge in [-0.3, -0.25) is 5.01 Å². The number of nitrogens with zero attached hydrogens (tertiary/aromatic N) is 6. The zero-order valence-electron chi connectivity index (χ0n) is 20.7. The quantitative estimate of drug-likeness (QED) is 0.335. The molecule has 1 spiro atoms. The van der Waals surface area contributed by atoms with E-state index in [1.54, 1.807) is 12.4 Å². The van der Waals surface area contributed by atoms with Crippen LogP contribution in [0.2, 0.25) is 5.02 Å². The van der Waals surface area contributed by atoms with Gasteiger partial charge >= 0.3 is 0 Å². The number of hydrogen-bond donors (Lipinski definition) is 0. The molecule has 1 saturated carbocycles. The lowest BCUT2D eigenvalue weighted by atomic mass is 9.86. The first kappa shape index (κ1) is 22.5. The van der Waals surface area contributed by atoms with Crippen molar-refractivity contribution in [3.05, 3.63) is 82.5 Å². The summed E-state index contributed by atoms with van der Waals surface area (Å²) in [5.74, 6) is 0.618. The zero-order valence-corrected chi connectivity index (χ0v) is 21.4. The minimum Gasteiger partial charge on any atom is -0.441 e. The van der Waals surface area contributed by atoms with Crippen LogP contribution in [0.1, 0.15) is 42.1 Å². The number of piperidine rings is 1. The number of hydrazone groups is 1. The predicted octanol–water partition coefficient (Wildman–Crippen LogP) is 5.98. The lowest BCUT2D eigenvalue weighted by Gasteiger charge is -2.46. The first-order valence-electron chi connectivity index (χ1n) is 12.5. The van der Waals surface area contributed by atoms with E-state index >= 15 is 0 Å². The highest BCUT2D eigenvalue weighted by atomic mass is 35.5. The molecule has 2 aliphatic heterocycles. The number of halogens is 2. The van der Waals surface area contributed by atoms with Crippen LogP contribution in [0.4, 0.5) is 4.39 Å². The van der Waals surface area contributed by atoms with Crippen molar-refractivity contribution in [2.24, 2.45) is 10.5 Å². The molecule has 37 heavy (non-hydrogen) atoms. The molecule has 188 valence electrons. The summed E-state index contributed by atoms with van der Waals surface area (Å²) in [5.41, 5.74) is 6.61. The molecular formula is C28H26ClFN6O. The van der Waals surface area contributed by atoms with Crippen molar-refractivity contribution in [2.45, 2.75) is 32.2 Å². The number of fused-ring (bicyclic) bond motifs is 2. The minimum atomic E-state index is -0.315. The second kappa shape index (κ2) is 8.18. The molecule has 7 nitrogen and oxygen atoms in total. The molecule has 2 aromatic heterocycles. The monoisotopic (exact) mass is 516 g/mol. The maximum atomic E-state index is 14.3. The Hall–Kier alpha value is -3.65. The summed E-state index contributed by atoms with van der Waals surface area (Å²) in [7, 11) is 1.97. The van der Waals surface area contributed by atoms with Crippen molar-refractivity contribution < 1.29 is 8.81 Å². The summed E-state index contributed by atoms with van der Waals surface area (Å²) < 4.78 is 22.1. The lowest BCUT2D eigenvalue weighted by Crippen LogP contribution is -2.51. The third-order valence-corrected chi connectivity index (χ3v) is 7.97.